The fourth-order valence-electron chi connectivity index (χ4n) is 2.33. The van der Waals surface area contributed by atoms with Gasteiger partial charge in [-0.2, -0.15) is 0 Å². The van der Waals surface area contributed by atoms with Crippen LogP contribution >= 0.6 is 0 Å². The zero-order valence-corrected chi connectivity index (χ0v) is 14.7. The fraction of sp³-hybridized carbons (Fsp3) is 0.733. The second kappa shape index (κ2) is 7.96. The molecule has 0 radical (unpaired) electrons. The standard InChI is InChI=1S/C15H29N3O2S/c1-6-7-8-9-17(5)21(19,20)15-10-14(11-16-4)18(12-15)13(2)3/h10,12-13,16H,6-9,11H2,1-5H3. The lowest BCUT2D eigenvalue weighted by Crippen LogP contribution is -2.27. The first-order valence-electron chi connectivity index (χ1n) is 7.66. The van der Waals surface area contributed by atoms with E-state index in [1.807, 2.05) is 11.6 Å². The molecule has 0 aromatic carbocycles. The van der Waals surface area contributed by atoms with Crippen molar-refractivity contribution in [3.8, 4) is 0 Å². The van der Waals surface area contributed by atoms with Crippen molar-refractivity contribution in [3.63, 3.8) is 0 Å². The van der Waals surface area contributed by atoms with Crippen LogP contribution in [0.15, 0.2) is 17.2 Å². The molecule has 0 aliphatic carbocycles. The highest BCUT2D eigenvalue weighted by Crippen LogP contribution is 2.21. The molecule has 5 nitrogen and oxygen atoms in total. The third-order valence-corrected chi connectivity index (χ3v) is 5.43. The van der Waals surface area contributed by atoms with Crippen molar-refractivity contribution in [1.29, 1.82) is 0 Å². The van der Waals surface area contributed by atoms with Crippen LogP contribution in [0.25, 0.3) is 0 Å². The molecular formula is C15H29N3O2S. The molecule has 0 fully saturated rings. The highest BCUT2D eigenvalue weighted by atomic mass is 32.2. The Bertz CT molecular complexity index is 535. The first-order valence-corrected chi connectivity index (χ1v) is 9.10. The summed E-state index contributed by atoms with van der Waals surface area (Å²) in [6, 6.07) is 2.02. The number of sulfonamides is 1. The van der Waals surface area contributed by atoms with E-state index < -0.39 is 10.0 Å². The molecule has 0 saturated heterocycles. The SMILES string of the molecule is CCCCCN(C)S(=O)(=O)c1cc(CNC)n(C(C)C)c1. The van der Waals surface area contributed by atoms with E-state index >= 15 is 0 Å². The van der Waals surface area contributed by atoms with Gasteiger partial charge in [0.05, 0.1) is 0 Å². The van der Waals surface area contributed by atoms with Gasteiger partial charge in [-0.3, -0.25) is 0 Å². The summed E-state index contributed by atoms with van der Waals surface area (Å²) >= 11 is 0. The predicted molar refractivity (Wildman–Crippen MR) is 86.9 cm³/mol. The van der Waals surface area contributed by atoms with Crippen molar-refractivity contribution < 1.29 is 8.42 Å². The number of hydrogen-bond acceptors (Lipinski definition) is 3. The van der Waals surface area contributed by atoms with Gasteiger partial charge in [0, 0.05) is 38.1 Å². The van der Waals surface area contributed by atoms with Gasteiger partial charge in [-0.15, -0.1) is 0 Å². The number of rotatable bonds is 9. The summed E-state index contributed by atoms with van der Waals surface area (Å²) in [5.74, 6) is 0. The predicted octanol–water partition coefficient (Wildman–Crippen LogP) is 2.60. The molecule has 0 bridgehead atoms. The molecule has 122 valence electrons. The van der Waals surface area contributed by atoms with Gasteiger partial charge in [0.1, 0.15) is 4.90 Å². The Labute approximate surface area is 129 Å². The van der Waals surface area contributed by atoms with Crippen LogP contribution in [0.3, 0.4) is 0 Å². The van der Waals surface area contributed by atoms with Crippen molar-refractivity contribution in [1.82, 2.24) is 14.2 Å². The molecule has 0 saturated carbocycles. The Balaban J connectivity index is 2.99. The maximum atomic E-state index is 12.6. The minimum absolute atomic E-state index is 0.239. The van der Waals surface area contributed by atoms with E-state index in [9.17, 15) is 8.42 Å². The van der Waals surface area contributed by atoms with Crippen LogP contribution in [0, 0.1) is 0 Å². The molecule has 1 rings (SSSR count). The van der Waals surface area contributed by atoms with Gasteiger partial charge in [-0.1, -0.05) is 19.8 Å². The molecule has 0 aliphatic rings. The number of aromatic nitrogens is 1. The molecule has 0 atom stereocenters. The lowest BCUT2D eigenvalue weighted by atomic mass is 10.2. The van der Waals surface area contributed by atoms with E-state index in [0.29, 0.717) is 18.0 Å². The van der Waals surface area contributed by atoms with Gasteiger partial charge in [0.15, 0.2) is 0 Å². The Morgan fingerprint density at radius 2 is 2.00 bits per heavy atom. The topological polar surface area (TPSA) is 54.3 Å². The van der Waals surface area contributed by atoms with Crippen molar-refractivity contribution in [2.24, 2.45) is 0 Å². The normalized spacial score (nSPS) is 12.5. The second-order valence-corrected chi connectivity index (χ2v) is 7.78. The highest BCUT2D eigenvalue weighted by molar-refractivity contribution is 7.89. The van der Waals surface area contributed by atoms with Crippen molar-refractivity contribution in [2.45, 2.75) is 57.5 Å². The van der Waals surface area contributed by atoms with Gasteiger partial charge < -0.3 is 9.88 Å². The van der Waals surface area contributed by atoms with Crippen LogP contribution < -0.4 is 5.32 Å². The van der Waals surface area contributed by atoms with E-state index in [1.54, 1.807) is 19.3 Å². The Hall–Kier alpha value is -0.850. The zero-order valence-electron chi connectivity index (χ0n) is 13.9. The van der Waals surface area contributed by atoms with Gasteiger partial charge >= 0.3 is 0 Å². The number of hydrogen-bond donors (Lipinski definition) is 1. The zero-order chi connectivity index (χ0) is 16.0. The summed E-state index contributed by atoms with van der Waals surface area (Å²) in [5, 5.41) is 3.09. The molecule has 1 heterocycles. The van der Waals surface area contributed by atoms with Crippen molar-refractivity contribution in [3.05, 3.63) is 18.0 Å². The van der Waals surface area contributed by atoms with Crippen LogP contribution in [0.2, 0.25) is 0 Å². The van der Waals surface area contributed by atoms with Crippen LogP contribution in [0.1, 0.15) is 51.8 Å². The number of unbranched alkanes of at least 4 members (excludes halogenated alkanes) is 2. The smallest absolute Gasteiger partial charge is 0.244 e. The molecule has 0 unspecified atom stereocenters. The van der Waals surface area contributed by atoms with Crippen LogP contribution in [0.4, 0.5) is 0 Å². The third kappa shape index (κ3) is 4.56. The summed E-state index contributed by atoms with van der Waals surface area (Å²) in [5.41, 5.74) is 0.994. The van der Waals surface area contributed by atoms with E-state index in [-0.39, 0.29) is 6.04 Å². The van der Waals surface area contributed by atoms with Crippen LogP contribution in [-0.4, -0.2) is 37.9 Å². The molecule has 0 amide bonds. The first kappa shape index (κ1) is 18.2. The molecule has 0 aliphatic heterocycles. The Kier molecular flexibility index (Phi) is 6.90. The summed E-state index contributed by atoms with van der Waals surface area (Å²) in [6.45, 7) is 7.46. The largest absolute Gasteiger partial charge is 0.346 e. The molecule has 0 spiro atoms. The molecule has 1 aromatic rings. The monoisotopic (exact) mass is 315 g/mol. The molecule has 1 aromatic heterocycles. The lowest BCUT2D eigenvalue weighted by Gasteiger charge is -2.16. The lowest BCUT2D eigenvalue weighted by molar-refractivity contribution is 0.454. The summed E-state index contributed by atoms with van der Waals surface area (Å²) < 4.78 is 28.7. The fourth-order valence-corrected chi connectivity index (χ4v) is 3.59. The number of nitrogens with zero attached hydrogens (tertiary/aromatic N) is 2. The van der Waals surface area contributed by atoms with Crippen molar-refractivity contribution >= 4 is 10.0 Å². The van der Waals surface area contributed by atoms with Gasteiger partial charge in [-0.25, -0.2) is 12.7 Å². The van der Waals surface area contributed by atoms with E-state index in [2.05, 4.69) is 26.1 Å². The molecular weight excluding hydrogens is 286 g/mol. The van der Waals surface area contributed by atoms with Crippen molar-refractivity contribution in [2.75, 3.05) is 20.6 Å². The van der Waals surface area contributed by atoms with E-state index in [0.717, 1.165) is 25.0 Å². The minimum atomic E-state index is -3.39. The maximum absolute atomic E-state index is 12.6. The van der Waals surface area contributed by atoms with Gasteiger partial charge in [0.2, 0.25) is 10.0 Å². The second-order valence-electron chi connectivity index (χ2n) is 5.73. The van der Waals surface area contributed by atoms with E-state index in [1.165, 1.54) is 4.31 Å². The van der Waals surface area contributed by atoms with Crippen LogP contribution in [0.5, 0.6) is 0 Å². The first-order chi connectivity index (χ1) is 9.84. The Morgan fingerprint density at radius 3 is 2.52 bits per heavy atom. The average Bonchev–Trinajstić information content (AvgIpc) is 2.84. The van der Waals surface area contributed by atoms with E-state index in [4.69, 9.17) is 0 Å². The van der Waals surface area contributed by atoms with Crippen LogP contribution in [-0.2, 0) is 16.6 Å². The molecule has 1 N–H and O–H groups in total. The molecule has 21 heavy (non-hydrogen) atoms. The summed E-state index contributed by atoms with van der Waals surface area (Å²) in [4.78, 5) is 0.389. The quantitative estimate of drug-likeness (QED) is 0.713. The summed E-state index contributed by atoms with van der Waals surface area (Å²) in [6.07, 6.45) is 4.80. The summed E-state index contributed by atoms with van der Waals surface area (Å²) in [7, 11) is 0.138. The number of nitrogens with one attached hydrogen (secondary N) is 1. The highest BCUT2D eigenvalue weighted by Gasteiger charge is 2.23. The minimum Gasteiger partial charge on any atom is -0.346 e. The molecule has 6 heteroatoms. The maximum Gasteiger partial charge on any atom is 0.244 e. The van der Waals surface area contributed by atoms with Gasteiger partial charge in [-0.05, 0) is 33.4 Å². The third-order valence-electron chi connectivity index (χ3n) is 3.61. The average molecular weight is 315 g/mol. The van der Waals surface area contributed by atoms with Gasteiger partial charge in [0.25, 0.3) is 0 Å². The Morgan fingerprint density at radius 1 is 1.33 bits per heavy atom.